The summed E-state index contributed by atoms with van der Waals surface area (Å²) >= 11 is 0. The highest BCUT2D eigenvalue weighted by Gasteiger charge is 2.03. The number of hydrogen-bond acceptors (Lipinski definition) is 6. The summed E-state index contributed by atoms with van der Waals surface area (Å²) in [5.74, 6) is 0.869. The second-order valence-electron chi connectivity index (χ2n) is 5.60. The minimum atomic E-state index is 0.457. The first kappa shape index (κ1) is 22.2. The molecule has 0 spiro atoms. The van der Waals surface area contributed by atoms with Crippen LogP contribution in [0.5, 0.6) is 5.75 Å². The molecular formula is C21H28N4O2. The zero-order valence-corrected chi connectivity index (χ0v) is 16.1. The van der Waals surface area contributed by atoms with Gasteiger partial charge in [-0.3, -0.25) is 4.90 Å². The van der Waals surface area contributed by atoms with Gasteiger partial charge in [-0.05, 0) is 36.4 Å². The van der Waals surface area contributed by atoms with Crippen LogP contribution in [0.15, 0.2) is 59.6 Å². The smallest absolute Gasteiger partial charge is 0.205 e. The van der Waals surface area contributed by atoms with Crippen molar-refractivity contribution in [2.75, 3.05) is 38.9 Å². The number of ether oxygens (including phenoxy) is 2. The Morgan fingerprint density at radius 3 is 2.37 bits per heavy atom. The van der Waals surface area contributed by atoms with E-state index in [4.69, 9.17) is 14.7 Å². The fourth-order valence-corrected chi connectivity index (χ4v) is 2.28. The maximum atomic E-state index is 7.40. The summed E-state index contributed by atoms with van der Waals surface area (Å²) in [7, 11) is 1.74. The van der Waals surface area contributed by atoms with Crippen molar-refractivity contribution in [3.05, 3.63) is 60.2 Å². The topological polar surface area (TPSA) is 69.9 Å². The van der Waals surface area contributed by atoms with Crippen LogP contribution in [0.25, 0.3) is 0 Å². The number of nitriles is 1. The van der Waals surface area contributed by atoms with E-state index in [1.807, 2.05) is 30.3 Å². The van der Waals surface area contributed by atoms with Crippen molar-refractivity contribution in [2.24, 2.45) is 4.99 Å². The summed E-state index contributed by atoms with van der Waals surface area (Å²) in [6.07, 6.45) is 1.44. The third-order valence-corrected chi connectivity index (χ3v) is 3.75. The van der Waals surface area contributed by atoms with Crippen LogP contribution in [-0.2, 0) is 11.3 Å². The second-order valence-corrected chi connectivity index (χ2v) is 5.60. The summed E-state index contributed by atoms with van der Waals surface area (Å²) in [6, 6.07) is 18.3. The first-order chi connectivity index (χ1) is 13.2. The van der Waals surface area contributed by atoms with E-state index >= 15 is 0 Å². The van der Waals surface area contributed by atoms with E-state index in [9.17, 15) is 0 Å². The van der Waals surface area contributed by atoms with Crippen LogP contribution in [0.1, 0.15) is 12.5 Å². The number of rotatable bonds is 10. The maximum absolute atomic E-state index is 7.40. The standard InChI is InChI=1S/C19H26N2O2.C2H2N2/c1-3-21(13-14-22-2)15-17-9-11-18(12-10-17)20-16-23-19-7-5-4-6-8-19;1-4-2-3/h4-12,20H,3,13-16H2,1-2H3;1H2. The molecule has 2 aromatic rings. The van der Waals surface area contributed by atoms with E-state index in [0.717, 1.165) is 37.7 Å². The van der Waals surface area contributed by atoms with Crippen LogP contribution >= 0.6 is 0 Å². The normalized spacial score (nSPS) is 9.70. The Morgan fingerprint density at radius 1 is 1.15 bits per heavy atom. The Balaban J connectivity index is 0.000000828. The largest absolute Gasteiger partial charge is 0.473 e. The van der Waals surface area contributed by atoms with Gasteiger partial charge in [-0.15, -0.1) is 0 Å². The quantitative estimate of drug-likeness (QED) is 0.393. The third kappa shape index (κ3) is 10.00. The number of hydrogen-bond donors (Lipinski definition) is 1. The van der Waals surface area contributed by atoms with Gasteiger partial charge in [-0.1, -0.05) is 37.3 Å². The van der Waals surface area contributed by atoms with Crippen molar-refractivity contribution in [1.82, 2.24) is 4.90 Å². The molecule has 2 aromatic carbocycles. The number of nitrogens with one attached hydrogen (secondary N) is 1. The number of para-hydroxylation sites is 1. The van der Waals surface area contributed by atoms with Gasteiger partial charge in [-0.2, -0.15) is 10.3 Å². The molecule has 0 unspecified atom stereocenters. The summed E-state index contributed by atoms with van der Waals surface area (Å²) in [6.45, 7) is 9.19. The van der Waals surface area contributed by atoms with Gasteiger partial charge in [0, 0.05) is 32.6 Å². The van der Waals surface area contributed by atoms with Gasteiger partial charge >= 0.3 is 0 Å². The lowest BCUT2D eigenvalue weighted by Crippen LogP contribution is -2.26. The number of nitrogens with zero attached hydrogens (tertiary/aromatic N) is 3. The monoisotopic (exact) mass is 368 g/mol. The fraction of sp³-hybridized carbons (Fsp3) is 0.333. The molecule has 144 valence electrons. The van der Waals surface area contributed by atoms with Crippen molar-refractivity contribution < 1.29 is 9.47 Å². The van der Waals surface area contributed by atoms with Crippen molar-refractivity contribution >= 4 is 12.4 Å². The van der Waals surface area contributed by atoms with Crippen molar-refractivity contribution in [3.8, 4) is 11.9 Å². The second kappa shape index (κ2) is 14.3. The number of methoxy groups -OCH3 is 1. The van der Waals surface area contributed by atoms with Crippen LogP contribution in [0.2, 0.25) is 0 Å². The maximum Gasteiger partial charge on any atom is 0.205 e. The van der Waals surface area contributed by atoms with Crippen LogP contribution in [-0.4, -0.2) is 45.2 Å². The van der Waals surface area contributed by atoms with E-state index < -0.39 is 0 Å². The summed E-state index contributed by atoms with van der Waals surface area (Å²) < 4.78 is 10.8. The van der Waals surface area contributed by atoms with E-state index in [1.54, 1.807) is 7.11 Å². The molecule has 0 fully saturated rings. The van der Waals surface area contributed by atoms with Crippen molar-refractivity contribution in [2.45, 2.75) is 13.5 Å². The van der Waals surface area contributed by atoms with E-state index in [2.05, 4.69) is 53.1 Å². The summed E-state index contributed by atoms with van der Waals surface area (Å²) in [5.41, 5.74) is 2.36. The molecule has 0 bridgehead atoms. The van der Waals surface area contributed by atoms with Gasteiger partial charge in [0.2, 0.25) is 6.19 Å². The molecule has 0 saturated carbocycles. The van der Waals surface area contributed by atoms with Crippen LogP contribution in [0, 0.1) is 11.5 Å². The predicted octanol–water partition coefficient (Wildman–Crippen LogP) is 3.77. The zero-order valence-electron chi connectivity index (χ0n) is 16.1. The molecule has 6 nitrogen and oxygen atoms in total. The molecule has 27 heavy (non-hydrogen) atoms. The molecular weight excluding hydrogens is 340 g/mol. The van der Waals surface area contributed by atoms with E-state index in [0.29, 0.717) is 6.73 Å². The minimum absolute atomic E-state index is 0.457. The first-order valence-corrected chi connectivity index (χ1v) is 8.80. The number of aliphatic imine (C=N–C) groups is 1. The lowest BCUT2D eigenvalue weighted by molar-refractivity contribution is 0.147. The van der Waals surface area contributed by atoms with E-state index in [1.165, 1.54) is 11.8 Å². The highest BCUT2D eigenvalue weighted by Crippen LogP contribution is 2.13. The molecule has 1 N–H and O–H groups in total. The highest BCUT2D eigenvalue weighted by molar-refractivity contribution is 5.44. The fourth-order valence-electron chi connectivity index (χ4n) is 2.28. The molecule has 0 amide bonds. The van der Waals surface area contributed by atoms with Gasteiger partial charge in [0.05, 0.1) is 6.61 Å². The molecule has 0 aliphatic carbocycles. The van der Waals surface area contributed by atoms with E-state index in [-0.39, 0.29) is 0 Å². The van der Waals surface area contributed by atoms with Crippen molar-refractivity contribution in [1.29, 1.82) is 5.26 Å². The molecule has 0 aliphatic rings. The Labute approximate surface area is 162 Å². The molecule has 2 rings (SSSR count). The van der Waals surface area contributed by atoms with Gasteiger partial charge in [-0.25, -0.2) is 0 Å². The lowest BCUT2D eigenvalue weighted by Gasteiger charge is -2.20. The molecule has 0 saturated heterocycles. The Kier molecular flexibility index (Phi) is 11.7. The highest BCUT2D eigenvalue weighted by atomic mass is 16.5. The summed E-state index contributed by atoms with van der Waals surface area (Å²) in [5, 5.41) is 10.7. The molecule has 0 atom stereocenters. The van der Waals surface area contributed by atoms with Crippen LogP contribution < -0.4 is 10.1 Å². The molecule has 0 radical (unpaired) electrons. The SMILES string of the molecule is C=NC#N.CCN(CCOC)Cc1ccc(NCOc2ccccc2)cc1. The Hall–Kier alpha value is -2.88. The number of benzene rings is 2. The van der Waals surface area contributed by atoms with Gasteiger partial charge in [0.15, 0.2) is 6.73 Å². The molecule has 0 aromatic heterocycles. The lowest BCUT2D eigenvalue weighted by atomic mass is 10.2. The number of likely N-dealkylation sites (N-methyl/N-ethyl adjacent to an activating group) is 1. The van der Waals surface area contributed by atoms with Crippen LogP contribution in [0.4, 0.5) is 5.69 Å². The molecule has 0 aliphatic heterocycles. The summed E-state index contributed by atoms with van der Waals surface area (Å²) in [4.78, 5) is 5.16. The molecule has 6 heteroatoms. The predicted molar refractivity (Wildman–Crippen MR) is 110 cm³/mol. The van der Waals surface area contributed by atoms with Gasteiger partial charge in [0.25, 0.3) is 0 Å². The van der Waals surface area contributed by atoms with Crippen LogP contribution in [0.3, 0.4) is 0 Å². The minimum Gasteiger partial charge on any atom is -0.473 e. The van der Waals surface area contributed by atoms with Gasteiger partial charge in [0.1, 0.15) is 5.75 Å². The molecule has 0 heterocycles. The Bertz CT molecular complexity index is 669. The van der Waals surface area contributed by atoms with Crippen molar-refractivity contribution in [3.63, 3.8) is 0 Å². The third-order valence-electron chi connectivity index (χ3n) is 3.75. The number of anilines is 1. The average molecular weight is 368 g/mol. The van der Waals surface area contributed by atoms with Gasteiger partial charge < -0.3 is 14.8 Å². The zero-order chi connectivity index (χ0) is 19.7. The Morgan fingerprint density at radius 2 is 1.81 bits per heavy atom. The average Bonchev–Trinajstić information content (AvgIpc) is 2.73. The first-order valence-electron chi connectivity index (χ1n) is 8.80.